The van der Waals surface area contributed by atoms with Crippen LogP contribution in [-0.2, 0) is 4.79 Å². The molecule has 3 aromatic rings. The van der Waals surface area contributed by atoms with Crippen LogP contribution >= 0.6 is 15.9 Å². The summed E-state index contributed by atoms with van der Waals surface area (Å²) in [5.41, 5.74) is 3.85. The van der Waals surface area contributed by atoms with E-state index in [1.807, 2.05) is 42.5 Å². The minimum Gasteiger partial charge on any atom is -0.507 e. The van der Waals surface area contributed by atoms with Gasteiger partial charge in [0.2, 0.25) is 0 Å². The second-order valence-electron chi connectivity index (χ2n) is 5.87. The van der Waals surface area contributed by atoms with Crippen LogP contribution in [0.2, 0.25) is 0 Å². The number of phenolic OH excluding ortho intramolecular Hbond substituents is 1. The highest BCUT2D eigenvalue weighted by atomic mass is 79.9. The third-order valence-corrected chi connectivity index (χ3v) is 4.39. The molecule has 5 nitrogen and oxygen atoms in total. The molecule has 3 N–H and O–H groups in total. The summed E-state index contributed by atoms with van der Waals surface area (Å²) in [6, 6.07) is 18.5. The first kappa shape index (κ1) is 17.9. The van der Waals surface area contributed by atoms with Crippen LogP contribution in [0.15, 0.2) is 70.2 Å². The summed E-state index contributed by atoms with van der Waals surface area (Å²) in [5.74, 6) is -0.183. The number of hydrazone groups is 1. The van der Waals surface area contributed by atoms with E-state index in [1.54, 1.807) is 25.1 Å². The van der Waals surface area contributed by atoms with Gasteiger partial charge in [0, 0.05) is 15.7 Å². The third kappa shape index (κ3) is 4.40. The Hall–Kier alpha value is -2.86. The topological polar surface area (TPSA) is 73.7 Å². The molecule has 0 heterocycles. The number of nitrogens with one attached hydrogen (secondary N) is 2. The van der Waals surface area contributed by atoms with Gasteiger partial charge in [0.1, 0.15) is 11.8 Å². The summed E-state index contributed by atoms with van der Waals surface area (Å²) >= 11 is 3.32. The van der Waals surface area contributed by atoms with Gasteiger partial charge in [0.05, 0.1) is 6.21 Å². The van der Waals surface area contributed by atoms with Crippen LogP contribution < -0.4 is 10.7 Å². The van der Waals surface area contributed by atoms with Crippen LogP contribution in [0.3, 0.4) is 0 Å². The van der Waals surface area contributed by atoms with Crippen molar-refractivity contribution in [1.82, 2.24) is 5.43 Å². The van der Waals surface area contributed by atoms with Crippen molar-refractivity contribution < 1.29 is 9.90 Å². The van der Waals surface area contributed by atoms with E-state index in [-0.39, 0.29) is 11.7 Å². The van der Waals surface area contributed by atoms with Gasteiger partial charge in [-0.1, -0.05) is 46.3 Å². The Morgan fingerprint density at radius 1 is 1.12 bits per heavy atom. The van der Waals surface area contributed by atoms with Crippen molar-refractivity contribution in [3.05, 3.63) is 70.7 Å². The third-order valence-electron chi connectivity index (χ3n) is 3.89. The number of carbonyl (C=O) groups is 1. The number of phenols is 1. The van der Waals surface area contributed by atoms with Gasteiger partial charge in [-0.25, -0.2) is 5.43 Å². The van der Waals surface area contributed by atoms with Gasteiger partial charge >= 0.3 is 0 Å². The van der Waals surface area contributed by atoms with E-state index in [0.717, 1.165) is 20.9 Å². The zero-order chi connectivity index (χ0) is 18.5. The molecule has 1 atom stereocenters. The Morgan fingerprint density at radius 3 is 2.69 bits per heavy atom. The average Bonchev–Trinajstić information content (AvgIpc) is 2.64. The fraction of sp³-hybridized carbons (Fsp3) is 0.100. The maximum atomic E-state index is 12.2. The monoisotopic (exact) mass is 411 g/mol. The number of fused-ring (bicyclic) bond motifs is 1. The predicted molar refractivity (Wildman–Crippen MR) is 109 cm³/mol. The summed E-state index contributed by atoms with van der Waals surface area (Å²) in [5, 5.41) is 19.1. The molecule has 6 heteroatoms. The quantitative estimate of drug-likeness (QED) is 0.433. The van der Waals surface area contributed by atoms with E-state index in [9.17, 15) is 9.90 Å². The predicted octanol–water partition coefficient (Wildman–Crippen LogP) is 4.26. The molecule has 0 radical (unpaired) electrons. The van der Waals surface area contributed by atoms with Crippen molar-refractivity contribution in [3.8, 4) is 5.75 Å². The Labute approximate surface area is 159 Å². The molecule has 0 fully saturated rings. The second-order valence-corrected chi connectivity index (χ2v) is 6.78. The highest BCUT2D eigenvalue weighted by Crippen LogP contribution is 2.20. The second kappa shape index (κ2) is 8.01. The highest BCUT2D eigenvalue weighted by molar-refractivity contribution is 9.10. The molecule has 1 amide bonds. The molecule has 0 spiro atoms. The number of halogens is 1. The molecule has 0 aromatic heterocycles. The van der Waals surface area contributed by atoms with E-state index < -0.39 is 6.04 Å². The number of benzene rings is 3. The lowest BCUT2D eigenvalue weighted by Gasteiger charge is -2.14. The molecular weight excluding hydrogens is 394 g/mol. The van der Waals surface area contributed by atoms with E-state index in [2.05, 4.69) is 31.8 Å². The molecule has 0 saturated carbocycles. The lowest BCUT2D eigenvalue weighted by Crippen LogP contribution is -2.34. The van der Waals surface area contributed by atoms with Crippen LogP contribution in [0.25, 0.3) is 10.8 Å². The van der Waals surface area contributed by atoms with Crippen molar-refractivity contribution in [2.75, 3.05) is 5.32 Å². The summed E-state index contributed by atoms with van der Waals surface area (Å²) in [4.78, 5) is 12.2. The molecule has 132 valence electrons. The lowest BCUT2D eigenvalue weighted by molar-refractivity contribution is -0.121. The normalized spacial score (nSPS) is 12.2. The minimum atomic E-state index is -0.468. The van der Waals surface area contributed by atoms with Crippen molar-refractivity contribution >= 4 is 44.5 Å². The molecular formula is C20H18BrN3O2. The molecule has 0 aliphatic rings. The van der Waals surface area contributed by atoms with E-state index >= 15 is 0 Å². The first-order valence-electron chi connectivity index (χ1n) is 8.10. The largest absolute Gasteiger partial charge is 0.507 e. The molecule has 0 saturated heterocycles. The molecule has 0 unspecified atom stereocenters. The van der Waals surface area contributed by atoms with Gasteiger partial charge in [-0.05, 0) is 48.0 Å². The number of hydrogen-bond acceptors (Lipinski definition) is 4. The van der Waals surface area contributed by atoms with Gasteiger partial charge in [-0.3, -0.25) is 4.79 Å². The van der Waals surface area contributed by atoms with Crippen molar-refractivity contribution in [3.63, 3.8) is 0 Å². The first-order chi connectivity index (χ1) is 12.5. The van der Waals surface area contributed by atoms with Crippen LogP contribution in [0.4, 0.5) is 5.69 Å². The van der Waals surface area contributed by atoms with Crippen molar-refractivity contribution in [1.29, 1.82) is 0 Å². The highest BCUT2D eigenvalue weighted by Gasteiger charge is 2.12. The van der Waals surface area contributed by atoms with Gasteiger partial charge < -0.3 is 10.4 Å². The number of aromatic hydroxyl groups is 1. The van der Waals surface area contributed by atoms with Crippen LogP contribution in [0, 0.1) is 0 Å². The standard InChI is InChI=1S/C20H18BrN3O2/c1-13(23-18-8-6-14-4-2-3-5-15(14)11-18)20(26)24-22-12-16-10-17(21)7-9-19(16)25/h2-13,23,25H,1H3,(H,24,26)/b22-12+/t13-/m0/s1. The van der Waals surface area contributed by atoms with Crippen molar-refractivity contribution in [2.45, 2.75) is 13.0 Å². The smallest absolute Gasteiger partial charge is 0.262 e. The number of anilines is 1. The molecule has 0 bridgehead atoms. The summed E-state index contributed by atoms with van der Waals surface area (Å²) in [6.45, 7) is 1.76. The SMILES string of the molecule is C[C@H](Nc1ccc2ccccc2c1)C(=O)N/N=C/c1cc(Br)ccc1O. The Balaban J connectivity index is 1.61. The van der Waals surface area contributed by atoms with E-state index in [4.69, 9.17) is 0 Å². The lowest BCUT2D eigenvalue weighted by atomic mass is 10.1. The van der Waals surface area contributed by atoms with E-state index in [1.165, 1.54) is 6.21 Å². The number of carbonyl (C=O) groups excluding carboxylic acids is 1. The Morgan fingerprint density at radius 2 is 1.88 bits per heavy atom. The van der Waals surface area contributed by atoms with Gasteiger partial charge in [0.15, 0.2) is 0 Å². The summed E-state index contributed by atoms with van der Waals surface area (Å²) < 4.78 is 0.814. The number of rotatable bonds is 5. The number of hydrogen-bond donors (Lipinski definition) is 3. The summed E-state index contributed by atoms with van der Waals surface area (Å²) in [7, 11) is 0. The Bertz CT molecular complexity index is 972. The fourth-order valence-electron chi connectivity index (χ4n) is 2.49. The number of amides is 1. The molecule has 0 aliphatic carbocycles. The zero-order valence-electron chi connectivity index (χ0n) is 14.1. The fourth-order valence-corrected chi connectivity index (χ4v) is 2.86. The maximum Gasteiger partial charge on any atom is 0.262 e. The van der Waals surface area contributed by atoms with E-state index in [0.29, 0.717) is 5.56 Å². The number of nitrogens with zero attached hydrogens (tertiary/aromatic N) is 1. The molecule has 3 aromatic carbocycles. The molecule has 26 heavy (non-hydrogen) atoms. The molecule has 0 aliphatic heterocycles. The Kier molecular flexibility index (Phi) is 5.53. The molecule has 3 rings (SSSR count). The first-order valence-corrected chi connectivity index (χ1v) is 8.89. The van der Waals surface area contributed by atoms with Crippen LogP contribution in [0.1, 0.15) is 12.5 Å². The average molecular weight is 412 g/mol. The maximum absolute atomic E-state index is 12.2. The van der Waals surface area contributed by atoms with Crippen LogP contribution in [-0.4, -0.2) is 23.3 Å². The zero-order valence-corrected chi connectivity index (χ0v) is 15.7. The van der Waals surface area contributed by atoms with Gasteiger partial charge in [-0.2, -0.15) is 5.10 Å². The van der Waals surface area contributed by atoms with Crippen molar-refractivity contribution in [2.24, 2.45) is 5.10 Å². The van der Waals surface area contributed by atoms with Gasteiger partial charge in [0.25, 0.3) is 5.91 Å². The minimum absolute atomic E-state index is 0.0912. The van der Waals surface area contributed by atoms with Gasteiger partial charge in [-0.15, -0.1) is 0 Å². The summed E-state index contributed by atoms with van der Waals surface area (Å²) in [6.07, 6.45) is 1.40. The van der Waals surface area contributed by atoms with Crippen LogP contribution in [0.5, 0.6) is 5.75 Å².